The number of ether oxygens (including phenoxy) is 1. The van der Waals surface area contributed by atoms with Crippen molar-refractivity contribution < 1.29 is 4.74 Å². The van der Waals surface area contributed by atoms with Gasteiger partial charge in [0, 0.05) is 32.2 Å². The van der Waals surface area contributed by atoms with Crippen molar-refractivity contribution in [1.29, 1.82) is 0 Å². The van der Waals surface area contributed by atoms with Crippen molar-refractivity contribution >= 4 is 17.4 Å². The summed E-state index contributed by atoms with van der Waals surface area (Å²) < 4.78 is 5.22. The van der Waals surface area contributed by atoms with Gasteiger partial charge in [-0.25, -0.2) is 9.97 Å². The zero-order chi connectivity index (χ0) is 13.8. The largest absolute Gasteiger partial charge is 0.490 e. The first-order valence-electron chi connectivity index (χ1n) is 6.29. The molecule has 1 saturated heterocycles. The van der Waals surface area contributed by atoms with Crippen molar-refractivity contribution in [3.8, 4) is 5.75 Å². The maximum atomic E-state index is 5.97. The molecule has 19 heavy (non-hydrogen) atoms. The van der Waals surface area contributed by atoms with Gasteiger partial charge in [-0.3, -0.25) is 4.90 Å². The molecule has 1 fully saturated rings. The number of aromatic nitrogens is 2. The molecule has 2 rings (SSSR count). The number of rotatable bonds is 4. The second-order valence-corrected chi connectivity index (χ2v) is 5.18. The molecule has 0 spiro atoms. The lowest BCUT2D eigenvalue weighted by molar-refractivity contribution is 0.121. The van der Waals surface area contributed by atoms with Crippen LogP contribution in [0.3, 0.4) is 0 Å². The Kier molecular flexibility index (Phi) is 4.79. The molecule has 106 valence electrons. The fourth-order valence-corrected chi connectivity index (χ4v) is 2.41. The van der Waals surface area contributed by atoms with E-state index in [-0.39, 0.29) is 0 Å². The summed E-state index contributed by atoms with van der Waals surface area (Å²) in [4.78, 5) is 12.8. The van der Waals surface area contributed by atoms with Crippen LogP contribution in [0.5, 0.6) is 5.75 Å². The van der Waals surface area contributed by atoms with E-state index in [9.17, 15) is 0 Å². The molecule has 1 aliphatic rings. The molecule has 0 aromatic carbocycles. The smallest absolute Gasteiger partial charge is 0.198 e. The Bertz CT molecular complexity index is 431. The Morgan fingerprint density at radius 1 is 1.42 bits per heavy atom. The maximum Gasteiger partial charge on any atom is 0.198 e. The van der Waals surface area contributed by atoms with Crippen LogP contribution in [0.15, 0.2) is 6.33 Å². The molecule has 7 heteroatoms. The van der Waals surface area contributed by atoms with E-state index in [1.54, 1.807) is 7.11 Å². The highest BCUT2D eigenvalue weighted by Crippen LogP contribution is 2.28. The van der Waals surface area contributed by atoms with Gasteiger partial charge in [0.15, 0.2) is 16.7 Å². The predicted octanol–water partition coefficient (Wildman–Crippen LogP) is 0.796. The highest BCUT2D eigenvalue weighted by Gasteiger charge is 2.22. The minimum atomic E-state index is 0.328. The summed E-state index contributed by atoms with van der Waals surface area (Å²) in [7, 11) is 5.85. The van der Waals surface area contributed by atoms with Gasteiger partial charge in [-0.05, 0) is 14.1 Å². The first-order valence-corrected chi connectivity index (χ1v) is 6.66. The summed E-state index contributed by atoms with van der Waals surface area (Å²) >= 11 is 5.97. The Morgan fingerprint density at radius 3 is 2.95 bits per heavy atom. The van der Waals surface area contributed by atoms with Crippen LogP contribution in [0, 0.1) is 0 Å². The third-order valence-electron chi connectivity index (χ3n) is 3.45. The quantitative estimate of drug-likeness (QED) is 0.826. The maximum absolute atomic E-state index is 5.97. The molecule has 1 atom stereocenters. The number of nitrogens with one attached hydrogen (secondary N) is 1. The summed E-state index contributed by atoms with van der Waals surface area (Å²) in [6.07, 6.45) is 1.43. The third kappa shape index (κ3) is 3.46. The number of methoxy groups -OCH3 is 1. The fourth-order valence-electron chi connectivity index (χ4n) is 2.20. The van der Waals surface area contributed by atoms with E-state index in [1.165, 1.54) is 6.33 Å². The van der Waals surface area contributed by atoms with Crippen molar-refractivity contribution in [2.75, 3.05) is 52.7 Å². The normalized spacial score (nSPS) is 21.4. The number of likely N-dealkylation sites (N-methyl/N-ethyl adjacent to an activating group) is 2. The zero-order valence-corrected chi connectivity index (χ0v) is 12.3. The summed E-state index contributed by atoms with van der Waals surface area (Å²) in [6, 6.07) is 0.442. The van der Waals surface area contributed by atoms with E-state index in [2.05, 4.69) is 39.2 Å². The molecule has 6 nitrogen and oxygen atoms in total. The van der Waals surface area contributed by atoms with Crippen molar-refractivity contribution in [3.63, 3.8) is 0 Å². The van der Waals surface area contributed by atoms with Crippen LogP contribution in [0.1, 0.15) is 0 Å². The Balaban J connectivity index is 2.00. The molecule has 0 aliphatic carbocycles. The summed E-state index contributed by atoms with van der Waals surface area (Å²) in [5.74, 6) is 1.14. The second-order valence-electron chi connectivity index (χ2n) is 4.82. The molecule has 2 heterocycles. The van der Waals surface area contributed by atoms with Gasteiger partial charge < -0.3 is 15.0 Å². The molecule has 1 aromatic heterocycles. The lowest BCUT2D eigenvalue weighted by atomic mass is 10.2. The third-order valence-corrected chi connectivity index (χ3v) is 3.72. The highest BCUT2D eigenvalue weighted by molar-refractivity contribution is 6.31. The van der Waals surface area contributed by atoms with Crippen molar-refractivity contribution in [2.24, 2.45) is 0 Å². The highest BCUT2D eigenvalue weighted by atomic mass is 35.5. The minimum absolute atomic E-state index is 0.328. The van der Waals surface area contributed by atoms with Crippen LogP contribution in [0.4, 0.5) is 5.82 Å². The molecule has 0 radical (unpaired) electrons. The topological polar surface area (TPSA) is 53.5 Å². The van der Waals surface area contributed by atoms with Crippen molar-refractivity contribution in [1.82, 2.24) is 19.8 Å². The van der Waals surface area contributed by atoms with Gasteiger partial charge in [-0.2, -0.15) is 0 Å². The number of hydrogen-bond donors (Lipinski definition) is 1. The number of hydrogen-bond acceptors (Lipinski definition) is 6. The Morgan fingerprint density at radius 2 is 2.21 bits per heavy atom. The van der Waals surface area contributed by atoms with Crippen molar-refractivity contribution in [3.05, 3.63) is 11.5 Å². The fraction of sp³-hybridized carbons (Fsp3) is 0.667. The monoisotopic (exact) mass is 285 g/mol. The molecule has 1 aromatic rings. The van der Waals surface area contributed by atoms with Gasteiger partial charge in [-0.1, -0.05) is 11.6 Å². The zero-order valence-electron chi connectivity index (χ0n) is 11.6. The molecule has 1 N–H and O–H groups in total. The molecule has 0 bridgehead atoms. The van der Waals surface area contributed by atoms with Crippen LogP contribution in [0.2, 0.25) is 5.15 Å². The van der Waals surface area contributed by atoms with Crippen LogP contribution in [0.25, 0.3) is 0 Å². The number of halogens is 1. The van der Waals surface area contributed by atoms with Gasteiger partial charge >= 0.3 is 0 Å². The Hall–Kier alpha value is -1.11. The summed E-state index contributed by atoms with van der Waals surface area (Å²) in [6.45, 7) is 4.01. The van der Waals surface area contributed by atoms with Crippen LogP contribution >= 0.6 is 11.6 Å². The summed E-state index contributed by atoms with van der Waals surface area (Å²) in [5, 5.41) is 3.62. The molecule has 0 amide bonds. The average molecular weight is 286 g/mol. The molecule has 1 unspecified atom stereocenters. The van der Waals surface area contributed by atoms with E-state index >= 15 is 0 Å². The minimum Gasteiger partial charge on any atom is -0.490 e. The van der Waals surface area contributed by atoms with E-state index in [4.69, 9.17) is 16.3 Å². The number of anilines is 1. The van der Waals surface area contributed by atoms with Crippen molar-refractivity contribution in [2.45, 2.75) is 6.04 Å². The Labute approximate surface area is 118 Å². The predicted molar refractivity (Wildman–Crippen MR) is 76.0 cm³/mol. The first-order chi connectivity index (χ1) is 9.11. The second kappa shape index (κ2) is 6.36. The lowest BCUT2D eigenvalue weighted by Crippen LogP contribution is -2.52. The van der Waals surface area contributed by atoms with Crippen LogP contribution < -0.4 is 10.1 Å². The summed E-state index contributed by atoms with van der Waals surface area (Å²) in [5.41, 5.74) is 0. The molecular weight excluding hydrogens is 266 g/mol. The average Bonchev–Trinajstić information content (AvgIpc) is 2.40. The van der Waals surface area contributed by atoms with E-state index < -0.39 is 0 Å². The van der Waals surface area contributed by atoms with Crippen LogP contribution in [-0.2, 0) is 0 Å². The van der Waals surface area contributed by atoms with Gasteiger partial charge in [0.2, 0.25) is 0 Å². The standard InChI is InChI=1S/C12H20ClN5O/c1-17-4-5-18(2)9(7-17)6-14-12-10(19-3)11(13)15-8-16-12/h8-9H,4-7H2,1-3H3,(H,14,15,16). The van der Waals surface area contributed by atoms with Gasteiger partial charge in [0.25, 0.3) is 0 Å². The first kappa shape index (κ1) is 14.3. The van der Waals surface area contributed by atoms with Gasteiger partial charge in [-0.15, -0.1) is 0 Å². The SMILES string of the molecule is COc1c(Cl)ncnc1NCC1CN(C)CCN1C. The van der Waals surface area contributed by atoms with E-state index in [0.29, 0.717) is 22.8 Å². The van der Waals surface area contributed by atoms with E-state index in [0.717, 1.165) is 26.2 Å². The van der Waals surface area contributed by atoms with Gasteiger partial charge in [0.05, 0.1) is 7.11 Å². The lowest BCUT2D eigenvalue weighted by Gasteiger charge is -2.37. The number of piperazine rings is 1. The van der Waals surface area contributed by atoms with E-state index in [1.807, 2.05) is 0 Å². The molecular formula is C12H20ClN5O. The van der Waals surface area contributed by atoms with Crippen LogP contribution in [-0.4, -0.2) is 73.2 Å². The number of nitrogens with zero attached hydrogens (tertiary/aromatic N) is 4. The van der Waals surface area contributed by atoms with Gasteiger partial charge in [0.1, 0.15) is 6.33 Å². The molecule has 0 saturated carbocycles. The molecule has 1 aliphatic heterocycles.